The standard InChI is InChI=1S/C15H13ClF2N2O/c1-9(13-3-2-6-21-13)20-12-8-10(17)7-11(18)15(12)19-14(20)4-5-16/h2-3,6-9H,4-5H2,1H3. The van der Waals surface area contributed by atoms with Crippen molar-refractivity contribution in [2.75, 3.05) is 5.88 Å². The van der Waals surface area contributed by atoms with Gasteiger partial charge in [-0.25, -0.2) is 13.8 Å². The molecule has 2 aromatic heterocycles. The smallest absolute Gasteiger partial charge is 0.153 e. The van der Waals surface area contributed by atoms with Crippen molar-refractivity contribution in [3.05, 3.63) is 53.7 Å². The molecule has 0 aliphatic heterocycles. The van der Waals surface area contributed by atoms with Crippen LogP contribution in [0.2, 0.25) is 0 Å². The maximum absolute atomic E-state index is 13.9. The Kier molecular flexibility index (Phi) is 3.68. The van der Waals surface area contributed by atoms with Crippen LogP contribution in [0, 0.1) is 11.6 Å². The number of fused-ring (bicyclic) bond motifs is 1. The number of hydrogen-bond acceptors (Lipinski definition) is 2. The monoisotopic (exact) mass is 310 g/mol. The first kappa shape index (κ1) is 14.1. The maximum Gasteiger partial charge on any atom is 0.153 e. The Hall–Kier alpha value is -1.88. The molecule has 21 heavy (non-hydrogen) atoms. The highest BCUT2D eigenvalue weighted by Crippen LogP contribution is 2.28. The topological polar surface area (TPSA) is 31.0 Å². The number of hydrogen-bond donors (Lipinski definition) is 0. The molecule has 1 atom stereocenters. The second kappa shape index (κ2) is 5.48. The molecule has 0 saturated carbocycles. The molecule has 3 aromatic rings. The van der Waals surface area contributed by atoms with Gasteiger partial charge < -0.3 is 8.98 Å². The summed E-state index contributed by atoms with van der Waals surface area (Å²) in [5.74, 6) is 0.331. The Labute approximate surface area is 125 Å². The average molecular weight is 311 g/mol. The van der Waals surface area contributed by atoms with Gasteiger partial charge in [-0.2, -0.15) is 0 Å². The lowest BCUT2D eigenvalue weighted by atomic mass is 10.2. The molecule has 0 aliphatic carbocycles. The number of aryl methyl sites for hydroxylation is 1. The first-order chi connectivity index (χ1) is 10.1. The highest BCUT2D eigenvalue weighted by molar-refractivity contribution is 6.17. The zero-order valence-corrected chi connectivity index (χ0v) is 12.1. The summed E-state index contributed by atoms with van der Waals surface area (Å²) in [6, 6.07) is 5.47. The third kappa shape index (κ3) is 2.42. The molecule has 2 heterocycles. The van der Waals surface area contributed by atoms with E-state index in [1.807, 2.05) is 13.0 Å². The fourth-order valence-electron chi connectivity index (χ4n) is 2.52. The van der Waals surface area contributed by atoms with E-state index >= 15 is 0 Å². The van der Waals surface area contributed by atoms with Crippen LogP contribution in [0.1, 0.15) is 24.6 Å². The Balaban J connectivity index is 2.25. The number of nitrogens with zero attached hydrogens (tertiary/aromatic N) is 2. The molecule has 110 valence electrons. The van der Waals surface area contributed by atoms with E-state index in [0.717, 1.165) is 6.07 Å². The lowest BCUT2D eigenvalue weighted by molar-refractivity contribution is 0.444. The normalized spacial score (nSPS) is 13.0. The van der Waals surface area contributed by atoms with Crippen LogP contribution in [0.5, 0.6) is 0 Å². The number of aromatic nitrogens is 2. The van der Waals surface area contributed by atoms with Gasteiger partial charge in [0.2, 0.25) is 0 Å². The van der Waals surface area contributed by atoms with Crippen LogP contribution in [-0.4, -0.2) is 15.4 Å². The van der Waals surface area contributed by atoms with E-state index in [1.165, 1.54) is 6.07 Å². The molecule has 0 aliphatic rings. The summed E-state index contributed by atoms with van der Waals surface area (Å²) in [7, 11) is 0. The van der Waals surface area contributed by atoms with Crippen molar-refractivity contribution < 1.29 is 13.2 Å². The zero-order chi connectivity index (χ0) is 15.0. The molecule has 1 aromatic carbocycles. The summed E-state index contributed by atoms with van der Waals surface area (Å²) in [6.45, 7) is 1.89. The highest BCUT2D eigenvalue weighted by Gasteiger charge is 2.21. The molecule has 1 unspecified atom stereocenters. The molecular weight excluding hydrogens is 298 g/mol. The molecule has 3 nitrogen and oxygen atoms in total. The van der Waals surface area contributed by atoms with E-state index in [-0.39, 0.29) is 11.6 Å². The van der Waals surface area contributed by atoms with Gasteiger partial charge >= 0.3 is 0 Å². The van der Waals surface area contributed by atoms with Gasteiger partial charge in [-0.05, 0) is 19.1 Å². The molecule has 0 bridgehead atoms. The number of imidazole rings is 1. The summed E-state index contributed by atoms with van der Waals surface area (Å²) in [5.41, 5.74) is 0.548. The number of benzene rings is 1. The number of furan rings is 1. The van der Waals surface area contributed by atoms with Gasteiger partial charge in [0.25, 0.3) is 0 Å². The minimum Gasteiger partial charge on any atom is -0.467 e. The Bertz CT molecular complexity index is 768. The molecule has 0 amide bonds. The van der Waals surface area contributed by atoms with Crippen molar-refractivity contribution >= 4 is 22.6 Å². The van der Waals surface area contributed by atoms with Crippen LogP contribution >= 0.6 is 11.6 Å². The molecule has 0 N–H and O–H groups in total. The van der Waals surface area contributed by atoms with Gasteiger partial charge in [-0.3, -0.25) is 0 Å². The minimum absolute atomic E-state index is 0.148. The van der Waals surface area contributed by atoms with Crippen molar-refractivity contribution in [1.82, 2.24) is 9.55 Å². The molecule has 0 radical (unpaired) electrons. The van der Waals surface area contributed by atoms with Crippen LogP contribution in [0.4, 0.5) is 8.78 Å². The van der Waals surface area contributed by atoms with E-state index in [4.69, 9.17) is 16.0 Å². The van der Waals surface area contributed by atoms with Crippen LogP contribution in [0.3, 0.4) is 0 Å². The summed E-state index contributed by atoms with van der Waals surface area (Å²) in [6.07, 6.45) is 2.02. The largest absolute Gasteiger partial charge is 0.467 e. The summed E-state index contributed by atoms with van der Waals surface area (Å²) < 4.78 is 34.6. The third-order valence-corrected chi connectivity index (χ3v) is 3.64. The molecular formula is C15H13ClF2N2O. The van der Waals surface area contributed by atoms with Crippen molar-refractivity contribution in [3.8, 4) is 0 Å². The summed E-state index contributed by atoms with van der Waals surface area (Å²) in [4.78, 5) is 4.27. The maximum atomic E-state index is 13.9. The first-order valence-corrected chi connectivity index (χ1v) is 7.10. The second-order valence-electron chi connectivity index (χ2n) is 4.78. The van der Waals surface area contributed by atoms with E-state index in [9.17, 15) is 8.78 Å². The number of alkyl halides is 1. The average Bonchev–Trinajstić information content (AvgIpc) is 3.06. The van der Waals surface area contributed by atoms with Crippen molar-refractivity contribution in [2.24, 2.45) is 0 Å². The molecule has 0 fully saturated rings. The Morgan fingerprint density at radius 3 is 2.86 bits per heavy atom. The van der Waals surface area contributed by atoms with E-state index < -0.39 is 11.6 Å². The van der Waals surface area contributed by atoms with E-state index in [2.05, 4.69) is 4.98 Å². The van der Waals surface area contributed by atoms with E-state index in [1.54, 1.807) is 16.9 Å². The molecule has 6 heteroatoms. The lowest BCUT2D eigenvalue weighted by Gasteiger charge is -2.15. The van der Waals surface area contributed by atoms with Crippen molar-refractivity contribution in [1.29, 1.82) is 0 Å². The van der Waals surface area contributed by atoms with Crippen molar-refractivity contribution in [3.63, 3.8) is 0 Å². The van der Waals surface area contributed by atoms with Gasteiger partial charge in [-0.15, -0.1) is 11.6 Å². The SMILES string of the molecule is CC(c1ccco1)n1c(CCCl)nc2c(F)cc(F)cc21. The zero-order valence-electron chi connectivity index (χ0n) is 11.3. The van der Waals surface area contributed by atoms with E-state index in [0.29, 0.717) is 29.4 Å². The van der Waals surface area contributed by atoms with Crippen LogP contribution in [0.15, 0.2) is 34.9 Å². The van der Waals surface area contributed by atoms with Crippen LogP contribution in [0.25, 0.3) is 11.0 Å². The lowest BCUT2D eigenvalue weighted by Crippen LogP contribution is -2.10. The van der Waals surface area contributed by atoms with Crippen LogP contribution < -0.4 is 0 Å². The second-order valence-corrected chi connectivity index (χ2v) is 5.16. The van der Waals surface area contributed by atoms with Gasteiger partial charge in [0.1, 0.15) is 22.9 Å². The Morgan fingerprint density at radius 1 is 1.38 bits per heavy atom. The predicted molar refractivity (Wildman–Crippen MR) is 76.6 cm³/mol. The van der Waals surface area contributed by atoms with Crippen molar-refractivity contribution in [2.45, 2.75) is 19.4 Å². The first-order valence-electron chi connectivity index (χ1n) is 6.57. The quantitative estimate of drug-likeness (QED) is 0.673. The van der Waals surface area contributed by atoms with Gasteiger partial charge in [0, 0.05) is 24.4 Å². The molecule has 0 spiro atoms. The van der Waals surface area contributed by atoms with Gasteiger partial charge in [-0.1, -0.05) is 0 Å². The minimum atomic E-state index is -0.675. The van der Waals surface area contributed by atoms with Crippen LogP contribution in [-0.2, 0) is 6.42 Å². The highest BCUT2D eigenvalue weighted by atomic mass is 35.5. The van der Waals surface area contributed by atoms with Gasteiger partial charge in [0.15, 0.2) is 5.82 Å². The predicted octanol–water partition coefficient (Wildman–Crippen LogP) is 4.30. The van der Waals surface area contributed by atoms with Gasteiger partial charge in [0.05, 0.1) is 17.8 Å². The summed E-state index contributed by atoms with van der Waals surface area (Å²) in [5, 5.41) is 0. The Morgan fingerprint density at radius 2 is 2.19 bits per heavy atom. The fourth-order valence-corrected chi connectivity index (χ4v) is 2.69. The molecule has 3 rings (SSSR count). The third-order valence-electron chi connectivity index (χ3n) is 3.45. The number of rotatable bonds is 4. The summed E-state index contributed by atoms with van der Waals surface area (Å²) >= 11 is 5.79. The molecule has 0 saturated heterocycles. The fraction of sp³-hybridized carbons (Fsp3) is 0.267. The number of halogens is 3.